The van der Waals surface area contributed by atoms with Gasteiger partial charge in [-0.05, 0) is 73.2 Å². The summed E-state index contributed by atoms with van der Waals surface area (Å²) in [4.78, 5) is 15.9. The molecule has 2 N–H and O–H groups in total. The first kappa shape index (κ1) is 17.3. The fourth-order valence-electron chi connectivity index (χ4n) is 4.21. The predicted octanol–water partition coefficient (Wildman–Crippen LogP) is 4.68. The summed E-state index contributed by atoms with van der Waals surface area (Å²) in [6.07, 6.45) is 3.89. The minimum atomic E-state index is -0.949. The number of nitrogens with one attached hydrogen (secondary N) is 1. The molecule has 0 unspecified atom stereocenters. The van der Waals surface area contributed by atoms with Crippen molar-refractivity contribution in [3.63, 3.8) is 0 Å². The van der Waals surface area contributed by atoms with Gasteiger partial charge in [-0.2, -0.15) is 5.26 Å². The van der Waals surface area contributed by atoms with Crippen LogP contribution in [0.3, 0.4) is 0 Å². The second kappa shape index (κ2) is 6.64. The number of fused-ring (bicyclic) bond motifs is 4. The van der Waals surface area contributed by atoms with Crippen LogP contribution in [0, 0.1) is 11.3 Å². The van der Waals surface area contributed by atoms with E-state index in [4.69, 9.17) is 10.1 Å². The van der Waals surface area contributed by atoms with Crippen molar-refractivity contribution in [3.8, 4) is 6.07 Å². The molecular weight excluding hydrogens is 364 g/mol. The van der Waals surface area contributed by atoms with Gasteiger partial charge in [-0.15, -0.1) is 0 Å². The van der Waals surface area contributed by atoms with Crippen LogP contribution in [-0.4, -0.2) is 20.5 Å². The van der Waals surface area contributed by atoms with Gasteiger partial charge in [0.25, 0.3) is 0 Å². The smallest absolute Gasteiger partial charge is 0.335 e. The first-order valence-electron chi connectivity index (χ1n) is 9.63. The van der Waals surface area contributed by atoms with Gasteiger partial charge in [-0.25, -0.2) is 9.78 Å². The zero-order valence-corrected chi connectivity index (χ0v) is 15.6. The molecule has 0 atom stereocenters. The summed E-state index contributed by atoms with van der Waals surface area (Å²) in [6.45, 7) is 0. The molecule has 1 aliphatic carbocycles. The van der Waals surface area contributed by atoms with E-state index in [2.05, 4.69) is 11.4 Å². The molecule has 0 radical (unpaired) electrons. The van der Waals surface area contributed by atoms with Crippen molar-refractivity contribution in [1.82, 2.24) is 9.38 Å². The Balaban J connectivity index is 1.79. The summed E-state index contributed by atoms with van der Waals surface area (Å²) >= 11 is 0. The molecule has 0 spiro atoms. The number of nitrogens with zero attached hydrogens (tertiary/aromatic N) is 3. The van der Waals surface area contributed by atoms with Gasteiger partial charge in [0.15, 0.2) is 5.65 Å². The molecule has 2 aromatic heterocycles. The van der Waals surface area contributed by atoms with Gasteiger partial charge < -0.3 is 10.4 Å². The van der Waals surface area contributed by atoms with Crippen molar-refractivity contribution in [2.45, 2.75) is 25.7 Å². The predicted molar refractivity (Wildman–Crippen MR) is 111 cm³/mol. The molecule has 29 heavy (non-hydrogen) atoms. The molecule has 0 aliphatic heterocycles. The Bertz CT molecular complexity index is 1310. The first-order chi connectivity index (χ1) is 14.2. The number of anilines is 2. The van der Waals surface area contributed by atoms with Crippen LogP contribution in [-0.2, 0) is 12.8 Å². The van der Waals surface area contributed by atoms with Crippen molar-refractivity contribution in [1.29, 1.82) is 5.26 Å². The van der Waals surface area contributed by atoms with Crippen LogP contribution in [0.4, 0.5) is 11.5 Å². The summed E-state index contributed by atoms with van der Waals surface area (Å²) in [5, 5.41) is 22.5. The molecule has 0 saturated heterocycles. The third kappa shape index (κ3) is 2.71. The van der Waals surface area contributed by atoms with Crippen molar-refractivity contribution < 1.29 is 9.90 Å². The maximum atomic E-state index is 11.2. The number of imidazole rings is 1. The molecule has 2 aromatic carbocycles. The zero-order chi connectivity index (χ0) is 20.0. The van der Waals surface area contributed by atoms with Gasteiger partial charge in [-0.1, -0.05) is 12.1 Å². The van der Waals surface area contributed by atoms with Crippen molar-refractivity contribution >= 4 is 34.2 Å². The number of carbonyl (C=O) groups is 1. The SMILES string of the molecule is N#Cc1c2c(c(Nc3ccc(C(=O)O)cc3)n3c1nc1ccccc13)CCCC2. The fraction of sp³-hybridized carbons (Fsp3) is 0.174. The normalized spacial score (nSPS) is 13.2. The number of pyridine rings is 1. The van der Waals surface area contributed by atoms with Crippen molar-refractivity contribution in [2.75, 3.05) is 5.32 Å². The lowest BCUT2D eigenvalue weighted by Gasteiger charge is -2.23. The van der Waals surface area contributed by atoms with E-state index in [1.807, 2.05) is 28.7 Å². The van der Waals surface area contributed by atoms with Crippen LogP contribution < -0.4 is 5.32 Å². The van der Waals surface area contributed by atoms with E-state index in [1.165, 1.54) is 0 Å². The number of nitriles is 1. The standard InChI is InChI=1S/C23H18N4O2/c24-13-18-16-5-1-2-6-17(16)21(25-15-11-9-14(10-12-15)23(28)29)27-20-8-4-3-7-19(20)26-22(18)27/h3-4,7-12,25H,1-2,5-6H2,(H,28,29). The number of para-hydroxylation sites is 2. The Morgan fingerprint density at radius 3 is 2.52 bits per heavy atom. The summed E-state index contributed by atoms with van der Waals surface area (Å²) in [5.41, 5.74) is 6.37. The van der Waals surface area contributed by atoms with Gasteiger partial charge >= 0.3 is 5.97 Å². The molecule has 2 heterocycles. The lowest BCUT2D eigenvalue weighted by molar-refractivity contribution is 0.0697. The fourth-order valence-corrected chi connectivity index (χ4v) is 4.21. The number of carboxylic acids is 1. The Labute approximate surface area is 167 Å². The topological polar surface area (TPSA) is 90.4 Å². The number of rotatable bonds is 3. The molecule has 0 bridgehead atoms. The monoisotopic (exact) mass is 382 g/mol. The number of hydrogen-bond acceptors (Lipinski definition) is 4. The van der Waals surface area contributed by atoms with Crippen LogP contribution in [0.2, 0.25) is 0 Å². The minimum absolute atomic E-state index is 0.246. The van der Waals surface area contributed by atoms with E-state index in [0.717, 1.165) is 59.3 Å². The second-order valence-electron chi connectivity index (χ2n) is 7.27. The average molecular weight is 382 g/mol. The molecule has 6 nitrogen and oxygen atoms in total. The number of aromatic nitrogens is 2. The van der Waals surface area contributed by atoms with Crippen molar-refractivity contribution in [3.05, 3.63) is 70.8 Å². The number of hydrogen-bond donors (Lipinski definition) is 2. The lowest BCUT2D eigenvalue weighted by atomic mass is 9.89. The Kier molecular flexibility index (Phi) is 3.95. The Morgan fingerprint density at radius 1 is 1.07 bits per heavy atom. The quantitative estimate of drug-likeness (QED) is 0.537. The van der Waals surface area contributed by atoms with Crippen LogP contribution in [0.15, 0.2) is 48.5 Å². The molecule has 0 fully saturated rings. The van der Waals surface area contributed by atoms with E-state index >= 15 is 0 Å². The molecule has 0 saturated carbocycles. The highest BCUT2D eigenvalue weighted by atomic mass is 16.4. The third-order valence-electron chi connectivity index (χ3n) is 5.57. The van der Waals surface area contributed by atoms with Crippen LogP contribution in [0.25, 0.3) is 16.7 Å². The maximum absolute atomic E-state index is 11.2. The number of carboxylic acid groups (broad SMARTS) is 1. The van der Waals surface area contributed by atoms with E-state index in [0.29, 0.717) is 11.2 Å². The molecule has 5 rings (SSSR count). The Hall–Kier alpha value is -3.85. The van der Waals surface area contributed by atoms with Gasteiger partial charge in [0.2, 0.25) is 0 Å². The first-order valence-corrected chi connectivity index (χ1v) is 9.63. The zero-order valence-electron chi connectivity index (χ0n) is 15.6. The highest BCUT2D eigenvalue weighted by Crippen LogP contribution is 2.36. The molecule has 1 aliphatic rings. The largest absolute Gasteiger partial charge is 0.478 e. The van der Waals surface area contributed by atoms with Crippen LogP contribution >= 0.6 is 0 Å². The van der Waals surface area contributed by atoms with Crippen molar-refractivity contribution in [2.24, 2.45) is 0 Å². The molecular formula is C23H18N4O2. The summed E-state index contributed by atoms with van der Waals surface area (Å²) < 4.78 is 2.03. The van der Waals surface area contributed by atoms with Crippen LogP contribution in [0.1, 0.15) is 39.9 Å². The van der Waals surface area contributed by atoms with E-state index < -0.39 is 5.97 Å². The van der Waals surface area contributed by atoms with Gasteiger partial charge in [-0.3, -0.25) is 4.40 Å². The van der Waals surface area contributed by atoms with E-state index in [1.54, 1.807) is 24.3 Å². The van der Waals surface area contributed by atoms with Gasteiger partial charge in [0.1, 0.15) is 11.9 Å². The molecule has 4 aromatic rings. The summed E-state index contributed by atoms with van der Waals surface area (Å²) in [6, 6.07) is 17.0. The lowest BCUT2D eigenvalue weighted by Crippen LogP contribution is -2.13. The van der Waals surface area contributed by atoms with E-state index in [9.17, 15) is 10.1 Å². The Morgan fingerprint density at radius 2 is 1.79 bits per heavy atom. The third-order valence-corrected chi connectivity index (χ3v) is 5.57. The van der Waals surface area contributed by atoms with Gasteiger partial charge in [0, 0.05) is 5.69 Å². The highest BCUT2D eigenvalue weighted by Gasteiger charge is 2.24. The minimum Gasteiger partial charge on any atom is -0.478 e. The molecule has 6 heteroatoms. The number of benzene rings is 2. The van der Waals surface area contributed by atoms with E-state index in [-0.39, 0.29) is 5.56 Å². The second-order valence-corrected chi connectivity index (χ2v) is 7.27. The molecule has 142 valence electrons. The average Bonchev–Trinajstić information content (AvgIpc) is 3.13. The summed E-state index contributed by atoms with van der Waals surface area (Å²) in [5.74, 6) is -0.0410. The maximum Gasteiger partial charge on any atom is 0.335 e. The van der Waals surface area contributed by atoms with Crippen LogP contribution in [0.5, 0.6) is 0 Å². The molecule has 0 amide bonds. The highest BCUT2D eigenvalue weighted by molar-refractivity contribution is 5.89. The van der Waals surface area contributed by atoms with Gasteiger partial charge in [0.05, 0.1) is 22.2 Å². The summed E-state index contributed by atoms with van der Waals surface area (Å²) in [7, 11) is 0. The number of aromatic carboxylic acids is 1.